The molecule has 3 aromatic rings. The largest absolute Gasteiger partial charge is 0.373 e. The predicted molar refractivity (Wildman–Crippen MR) is 126 cm³/mol. The summed E-state index contributed by atoms with van der Waals surface area (Å²) in [6, 6.07) is 19.8. The number of aromatic nitrogens is 1. The molecule has 2 heterocycles. The Labute approximate surface area is 194 Å². The highest BCUT2D eigenvalue weighted by Crippen LogP contribution is 2.31. The number of fused-ring (bicyclic) bond motifs is 2. The van der Waals surface area contributed by atoms with E-state index in [9.17, 15) is 9.59 Å². The van der Waals surface area contributed by atoms with Gasteiger partial charge in [-0.25, -0.2) is 0 Å². The highest BCUT2D eigenvalue weighted by molar-refractivity contribution is 6.01. The Hall–Kier alpha value is -3.38. The van der Waals surface area contributed by atoms with Crippen molar-refractivity contribution in [1.29, 1.82) is 0 Å². The molecule has 33 heavy (non-hydrogen) atoms. The van der Waals surface area contributed by atoms with Crippen molar-refractivity contribution >= 4 is 11.8 Å². The number of benzene rings is 2. The fourth-order valence-electron chi connectivity index (χ4n) is 4.99. The third-order valence-electron chi connectivity index (χ3n) is 6.74. The highest BCUT2D eigenvalue weighted by Gasteiger charge is 2.29. The van der Waals surface area contributed by atoms with Gasteiger partial charge >= 0.3 is 0 Å². The van der Waals surface area contributed by atoms with Gasteiger partial charge in [-0.2, -0.15) is 0 Å². The summed E-state index contributed by atoms with van der Waals surface area (Å²) in [6.07, 6.45) is 2.63. The topological polar surface area (TPSA) is 72.4 Å². The molecule has 2 atom stereocenters. The third kappa shape index (κ3) is 4.18. The van der Waals surface area contributed by atoms with Gasteiger partial charge in [-0.15, -0.1) is 0 Å². The number of hydrogen-bond acceptors (Lipinski definition) is 3. The summed E-state index contributed by atoms with van der Waals surface area (Å²) < 4.78 is 7.59. The number of aryl methyl sites for hydroxylation is 1. The smallest absolute Gasteiger partial charge is 0.268 e. The maximum Gasteiger partial charge on any atom is 0.268 e. The molecule has 2 aliphatic rings. The second-order valence-electron chi connectivity index (χ2n) is 8.70. The van der Waals surface area contributed by atoms with E-state index < -0.39 is 0 Å². The Morgan fingerprint density at radius 3 is 2.70 bits per heavy atom. The fraction of sp³-hybridized carbons (Fsp3) is 0.333. The van der Waals surface area contributed by atoms with Crippen LogP contribution in [-0.2, 0) is 24.3 Å². The number of nitrogens with zero attached hydrogens (tertiary/aromatic N) is 1. The van der Waals surface area contributed by atoms with Gasteiger partial charge in [0.1, 0.15) is 5.69 Å². The lowest BCUT2D eigenvalue weighted by atomic mass is 10.0. The maximum absolute atomic E-state index is 13.3. The van der Waals surface area contributed by atoms with Crippen molar-refractivity contribution in [2.45, 2.75) is 51.4 Å². The summed E-state index contributed by atoms with van der Waals surface area (Å²) in [5, 5.41) is 6.35. The molecule has 0 radical (unpaired) electrons. The van der Waals surface area contributed by atoms with Gasteiger partial charge in [0, 0.05) is 6.54 Å². The Kier molecular flexibility index (Phi) is 6.01. The molecule has 0 spiro atoms. The van der Waals surface area contributed by atoms with Crippen LogP contribution < -0.4 is 10.6 Å². The number of ether oxygens (including phenoxy) is 1. The van der Waals surface area contributed by atoms with E-state index >= 15 is 0 Å². The first kappa shape index (κ1) is 21.5. The van der Waals surface area contributed by atoms with Crippen molar-refractivity contribution in [3.05, 3.63) is 94.3 Å². The van der Waals surface area contributed by atoms with Crippen LogP contribution in [0.3, 0.4) is 0 Å². The van der Waals surface area contributed by atoms with E-state index in [2.05, 4.69) is 29.7 Å². The summed E-state index contributed by atoms with van der Waals surface area (Å²) in [6.45, 7) is 3.46. The molecule has 2 amide bonds. The first-order chi connectivity index (χ1) is 16.2. The normalized spacial score (nSPS) is 17.7. The number of carbonyl (C=O) groups is 2. The Morgan fingerprint density at radius 2 is 1.88 bits per heavy atom. The van der Waals surface area contributed by atoms with Crippen LogP contribution in [0.1, 0.15) is 75.1 Å². The standard InChI is InChI=1S/C27H29N3O3/c1-2-22(19-9-4-3-5-10-19)28-26(31)21-16-24(30-14-15-33-17-25(21)30)27(32)29-23-13-12-18-8-6-7-11-20(18)23/h3-11,16,22-23H,2,12-15,17H2,1H3,(H,28,31)(H,29,32)/t22-,23+/m1/s1. The molecule has 1 aromatic heterocycles. The second kappa shape index (κ2) is 9.24. The molecule has 6 nitrogen and oxygen atoms in total. The number of rotatable bonds is 6. The van der Waals surface area contributed by atoms with Crippen LogP contribution in [0.2, 0.25) is 0 Å². The van der Waals surface area contributed by atoms with Crippen molar-refractivity contribution < 1.29 is 14.3 Å². The maximum atomic E-state index is 13.3. The molecular weight excluding hydrogens is 414 g/mol. The van der Waals surface area contributed by atoms with Gasteiger partial charge in [0.2, 0.25) is 0 Å². The van der Waals surface area contributed by atoms with E-state index in [1.165, 1.54) is 11.1 Å². The van der Waals surface area contributed by atoms with Crippen LogP contribution in [-0.4, -0.2) is 23.0 Å². The van der Waals surface area contributed by atoms with Crippen molar-refractivity contribution in [2.24, 2.45) is 0 Å². The fourth-order valence-corrected chi connectivity index (χ4v) is 4.99. The van der Waals surface area contributed by atoms with Gasteiger partial charge in [-0.1, -0.05) is 61.5 Å². The monoisotopic (exact) mass is 443 g/mol. The van der Waals surface area contributed by atoms with Crippen molar-refractivity contribution in [3.63, 3.8) is 0 Å². The average molecular weight is 444 g/mol. The molecule has 0 bridgehead atoms. The number of nitrogens with one attached hydrogen (secondary N) is 2. The van der Waals surface area contributed by atoms with E-state index in [-0.39, 0.29) is 23.9 Å². The highest BCUT2D eigenvalue weighted by atomic mass is 16.5. The second-order valence-corrected chi connectivity index (χ2v) is 8.70. The molecule has 1 aliphatic heterocycles. The van der Waals surface area contributed by atoms with Crippen molar-refractivity contribution in [3.8, 4) is 0 Å². The number of carbonyl (C=O) groups excluding carboxylic acids is 2. The van der Waals surface area contributed by atoms with Crippen LogP contribution >= 0.6 is 0 Å². The van der Waals surface area contributed by atoms with E-state index in [1.54, 1.807) is 6.07 Å². The van der Waals surface area contributed by atoms with Crippen LogP contribution in [0.4, 0.5) is 0 Å². The average Bonchev–Trinajstić information content (AvgIpc) is 3.45. The van der Waals surface area contributed by atoms with E-state index in [0.717, 1.165) is 30.5 Å². The van der Waals surface area contributed by atoms with E-state index in [4.69, 9.17) is 4.74 Å². The molecule has 1 aliphatic carbocycles. The lowest BCUT2D eigenvalue weighted by Crippen LogP contribution is -2.31. The summed E-state index contributed by atoms with van der Waals surface area (Å²) in [7, 11) is 0. The first-order valence-corrected chi connectivity index (χ1v) is 11.7. The lowest BCUT2D eigenvalue weighted by molar-refractivity contribution is 0.0773. The van der Waals surface area contributed by atoms with Gasteiger partial charge in [-0.3, -0.25) is 9.59 Å². The molecule has 0 saturated carbocycles. The zero-order valence-electron chi connectivity index (χ0n) is 18.8. The van der Waals surface area contributed by atoms with Gasteiger partial charge in [0.25, 0.3) is 11.8 Å². The third-order valence-corrected chi connectivity index (χ3v) is 6.74. The summed E-state index contributed by atoms with van der Waals surface area (Å²) >= 11 is 0. The Balaban J connectivity index is 1.39. The Bertz CT molecular complexity index is 1130. The predicted octanol–water partition coefficient (Wildman–Crippen LogP) is 4.32. The van der Waals surface area contributed by atoms with E-state index in [1.807, 2.05) is 47.0 Å². The van der Waals surface area contributed by atoms with Crippen molar-refractivity contribution in [2.75, 3.05) is 6.61 Å². The number of hydrogen-bond donors (Lipinski definition) is 2. The zero-order valence-corrected chi connectivity index (χ0v) is 18.8. The van der Waals surface area contributed by atoms with Gasteiger partial charge in [0.15, 0.2) is 0 Å². The first-order valence-electron chi connectivity index (χ1n) is 11.7. The summed E-state index contributed by atoms with van der Waals surface area (Å²) in [5.74, 6) is -0.320. The lowest BCUT2D eigenvalue weighted by Gasteiger charge is -2.21. The molecule has 6 heteroatoms. The summed E-state index contributed by atoms with van der Waals surface area (Å²) in [4.78, 5) is 26.6. The molecular formula is C27H29N3O3. The molecule has 5 rings (SSSR count). The van der Waals surface area contributed by atoms with Gasteiger partial charge < -0.3 is 19.9 Å². The molecule has 170 valence electrons. The SMILES string of the molecule is CC[C@@H](NC(=O)c1cc(C(=O)N[C@H]2CCc3ccccc32)n2c1COCC2)c1ccccc1. The minimum absolute atomic E-state index is 0.000445. The van der Waals surface area contributed by atoms with Gasteiger partial charge in [0.05, 0.1) is 36.6 Å². The molecule has 0 saturated heterocycles. The Morgan fingerprint density at radius 1 is 1.09 bits per heavy atom. The summed E-state index contributed by atoms with van der Waals surface area (Å²) in [5.41, 5.74) is 5.34. The van der Waals surface area contributed by atoms with Crippen LogP contribution in [0.15, 0.2) is 60.7 Å². The minimum Gasteiger partial charge on any atom is -0.373 e. The van der Waals surface area contributed by atoms with Crippen molar-refractivity contribution in [1.82, 2.24) is 15.2 Å². The minimum atomic E-state index is -0.176. The van der Waals surface area contributed by atoms with Gasteiger partial charge in [-0.05, 0) is 42.0 Å². The van der Waals surface area contributed by atoms with Crippen LogP contribution in [0.25, 0.3) is 0 Å². The molecule has 2 aromatic carbocycles. The molecule has 2 N–H and O–H groups in total. The van der Waals surface area contributed by atoms with E-state index in [0.29, 0.717) is 31.0 Å². The zero-order chi connectivity index (χ0) is 22.8. The van der Waals surface area contributed by atoms with Crippen LogP contribution in [0, 0.1) is 0 Å². The molecule has 0 unspecified atom stereocenters. The quantitative estimate of drug-likeness (QED) is 0.596. The molecule has 0 fully saturated rings. The number of amides is 2. The van der Waals surface area contributed by atoms with Crippen LogP contribution in [0.5, 0.6) is 0 Å².